The second kappa shape index (κ2) is 40.9. The average molecular weight is 1420 g/mol. The highest BCUT2D eigenvalue weighted by molar-refractivity contribution is 6.00. The number of ether oxygens (including phenoxy) is 2. The minimum Gasteiger partial charge on any atom is -0.390 e. The summed E-state index contributed by atoms with van der Waals surface area (Å²) in [5, 5.41) is 26.5. The molecule has 28 heteroatoms. The minimum atomic E-state index is -1.71. The molecule has 2 saturated heterocycles. The molecule has 0 bridgehead atoms. The minimum absolute atomic E-state index is 0.0393. The number of amides is 12. The summed E-state index contributed by atoms with van der Waals surface area (Å²) in [6.07, 6.45) is 1.58. The topological polar surface area (TPSA) is 330 Å². The number of nitrogens with zero attached hydrogens (tertiary/aromatic N) is 8. The molecule has 6 N–H and O–H groups in total. The number of likely N-dealkylation sites (N-methyl/N-ethyl adjacent to an activating group) is 7. The van der Waals surface area contributed by atoms with E-state index in [4.69, 9.17) is 9.47 Å². The molecule has 2 heterocycles. The number of aliphatic hydroxyl groups is 1. The van der Waals surface area contributed by atoms with Crippen LogP contribution in [0.5, 0.6) is 0 Å². The lowest BCUT2D eigenvalue weighted by Gasteiger charge is -2.41. The number of unbranched alkanes of at least 4 members (excludes halogenated alkanes) is 1. The third-order valence-corrected chi connectivity index (χ3v) is 19.8. The highest BCUT2D eigenvalue weighted by atomic mass is 16.5. The Kier molecular flexibility index (Phi) is 35.9. The van der Waals surface area contributed by atoms with Crippen LogP contribution in [-0.2, 0) is 67.0 Å². The second-order valence-electron chi connectivity index (χ2n) is 30.4. The van der Waals surface area contributed by atoms with E-state index in [2.05, 4.69) is 31.5 Å². The van der Waals surface area contributed by atoms with Crippen molar-refractivity contribution in [1.29, 1.82) is 0 Å². The van der Waals surface area contributed by atoms with Gasteiger partial charge in [0, 0.05) is 81.5 Å². The molecule has 2 aliphatic heterocycles. The van der Waals surface area contributed by atoms with Crippen LogP contribution in [0.3, 0.4) is 0 Å². The fourth-order valence-corrected chi connectivity index (χ4v) is 13.1. The molecule has 28 nitrogen and oxygen atoms in total. The van der Waals surface area contributed by atoms with Crippen molar-refractivity contribution in [2.75, 3.05) is 88.8 Å². The first-order valence-electron chi connectivity index (χ1n) is 36.6. The summed E-state index contributed by atoms with van der Waals surface area (Å²) in [6.45, 7) is 31.2. The molecule has 0 aromatic carbocycles. The Morgan fingerprint density at radius 3 is 1.53 bits per heavy atom. The molecule has 0 aromatic heterocycles. The van der Waals surface area contributed by atoms with Crippen LogP contribution in [0.15, 0.2) is 0 Å². The van der Waals surface area contributed by atoms with Crippen molar-refractivity contribution in [3.05, 3.63) is 0 Å². The van der Waals surface area contributed by atoms with Gasteiger partial charge in [-0.15, -0.1) is 0 Å². The number of hydrogen-bond donors (Lipinski definition) is 6. The van der Waals surface area contributed by atoms with Crippen LogP contribution in [0.2, 0.25) is 0 Å². The van der Waals surface area contributed by atoms with Gasteiger partial charge in [-0.3, -0.25) is 62.4 Å². The molecule has 14 atom stereocenters. The zero-order valence-electron chi connectivity index (χ0n) is 64.8. The van der Waals surface area contributed by atoms with Crippen LogP contribution in [0.1, 0.15) is 181 Å². The van der Waals surface area contributed by atoms with Gasteiger partial charge in [0.25, 0.3) is 0 Å². The quantitative estimate of drug-likeness (QED) is 0.0801. The van der Waals surface area contributed by atoms with Crippen molar-refractivity contribution in [3.8, 4) is 0 Å². The Hall–Kier alpha value is -6.52. The molecule has 0 radical (unpaired) electrons. The summed E-state index contributed by atoms with van der Waals surface area (Å²) in [5.74, 6) is -10.6. The molecule has 0 spiro atoms. The molecule has 12 amide bonds. The predicted molar refractivity (Wildman–Crippen MR) is 381 cm³/mol. The summed E-state index contributed by atoms with van der Waals surface area (Å²) in [5.41, 5.74) is 0. The second-order valence-corrected chi connectivity index (χ2v) is 30.4. The number of morpholine rings is 1. The number of nitrogens with one attached hydrogen (secondary N) is 5. The normalized spacial score (nSPS) is 27.4. The van der Waals surface area contributed by atoms with E-state index in [9.17, 15) is 33.9 Å². The Bertz CT molecular complexity index is 2740. The Morgan fingerprint density at radius 2 is 1.01 bits per heavy atom. The number of rotatable bonds is 23. The first-order valence-corrected chi connectivity index (χ1v) is 36.6. The Labute approximate surface area is 596 Å². The molecular weight excluding hydrogens is 1290 g/mol. The van der Waals surface area contributed by atoms with Gasteiger partial charge in [-0.25, -0.2) is 0 Å². The van der Waals surface area contributed by atoms with Crippen LogP contribution < -0.4 is 26.6 Å². The zero-order valence-corrected chi connectivity index (χ0v) is 64.8. The monoisotopic (exact) mass is 1420 g/mol. The lowest BCUT2D eigenvalue weighted by atomic mass is 9.90. The molecular formula is C72H129N13O15. The highest BCUT2D eigenvalue weighted by Crippen LogP contribution is 2.27. The summed E-state index contributed by atoms with van der Waals surface area (Å²) in [4.78, 5) is 188. The molecule has 3 aliphatic rings. The number of hydrogen-bond acceptors (Lipinski definition) is 16. The van der Waals surface area contributed by atoms with Gasteiger partial charge < -0.3 is 75.5 Å². The summed E-state index contributed by atoms with van der Waals surface area (Å²) >= 11 is 0. The Balaban J connectivity index is 2.31. The third-order valence-electron chi connectivity index (χ3n) is 19.8. The first kappa shape index (κ1) is 87.7. The largest absolute Gasteiger partial charge is 0.390 e. The third kappa shape index (κ3) is 25.2. The summed E-state index contributed by atoms with van der Waals surface area (Å²) in [7, 11) is 9.83. The van der Waals surface area contributed by atoms with Gasteiger partial charge in [-0.1, -0.05) is 83.1 Å². The van der Waals surface area contributed by atoms with Crippen LogP contribution in [0, 0.1) is 35.5 Å². The lowest BCUT2D eigenvalue weighted by Crippen LogP contribution is -2.64. The molecule has 0 aromatic rings. The van der Waals surface area contributed by atoms with E-state index in [0.29, 0.717) is 26.1 Å². The van der Waals surface area contributed by atoms with Gasteiger partial charge in [0.2, 0.25) is 70.9 Å². The molecule has 3 fully saturated rings. The molecule has 100 heavy (non-hydrogen) atoms. The van der Waals surface area contributed by atoms with E-state index in [1.165, 1.54) is 89.7 Å². The van der Waals surface area contributed by atoms with Crippen LogP contribution in [-0.4, -0.2) is 289 Å². The van der Waals surface area contributed by atoms with Crippen molar-refractivity contribution >= 4 is 70.9 Å². The Morgan fingerprint density at radius 1 is 0.520 bits per heavy atom. The van der Waals surface area contributed by atoms with E-state index in [1.54, 1.807) is 48.5 Å². The van der Waals surface area contributed by atoms with Crippen LogP contribution in [0.4, 0.5) is 0 Å². The number of carbonyl (C=O) groups excluding carboxylic acids is 12. The number of aliphatic hydroxyl groups excluding tert-OH is 1. The lowest BCUT2D eigenvalue weighted by molar-refractivity contribution is -0.157. The van der Waals surface area contributed by atoms with Gasteiger partial charge in [-0.05, 0) is 134 Å². The zero-order chi connectivity index (χ0) is 76.1. The van der Waals surface area contributed by atoms with Gasteiger partial charge >= 0.3 is 0 Å². The molecule has 0 unspecified atom stereocenters. The number of carbonyl (C=O) groups is 12. The predicted octanol–water partition coefficient (Wildman–Crippen LogP) is 2.61. The van der Waals surface area contributed by atoms with Crippen LogP contribution >= 0.6 is 0 Å². The van der Waals surface area contributed by atoms with E-state index in [1.807, 2.05) is 41.5 Å². The van der Waals surface area contributed by atoms with E-state index in [-0.39, 0.29) is 74.8 Å². The van der Waals surface area contributed by atoms with E-state index >= 15 is 28.8 Å². The standard InChI is InChI=1S/C72H129N13O15/c1-24-52-68(94)78(17)49(15)67(93)83(22)59(50(16)100-35-26-25-32-85-33-36-99-37-34-85)64(90)77-57(44(8)9)71(97)79(18)53(38-41(2)3)63(89)73-47(13)62(88)74-48(14)66(92)80(19)54(39-42(4)5)69(95)81(20)55(40-43(6)7)70(96)82(21)58(45(10)11)72(98)84(23)60(65(91)76-52)61(87)46(12)28-27-29-56(86)75-51-30-31-51/h41-55,57-61,87H,24-40H2,1-23H3,(H,73,89)(H,74,88)(H,75,86)(H,76,91)(H,77,90)/t46-,47+,48-,49-,50-,52+,53+,54+,55+,57+,58+,59+,60+,61-/m1/s1. The molecule has 1 saturated carbocycles. The van der Waals surface area contributed by atoms with Crippen molar-refractivity contribution < 1.29 is 72.1 Å². The van der Waals surface area contributed by atoms with Crippen LogP contribution in [0.25, 0.3) is 0 Å². The summed E-state index contributed by atoms with van der Waals surface area (Å²) in [6, 6.07) is -14.3. The fourth-order valence-electron chi connectivity index (χ4n) is 13.1. The van der Waals surface area contributed by atoms with Crippen molar-refractivity contribution in [3.63, 3.8) is 0 Å². The van der Waals surface area contributed by atoms with Gasteiger partial charge in [-0.2, -0.15) is 0 Å². The molecule has 1 aliphatic carbocycles. The van der Waals surface area contributed by atoms with Crippen molar-refractivity contribution in [2.24, 2.45) is 35.5 Å². The molecule has 3 rings (SSSR count). The maximum atomic E-state index is 15.4. The first-order chi connectivity index (χ1) is 46.6. The average Bonchev–Trinajstić information content (AvgIpc) is 0.920. The van der Waals surface area contributed by atoms with Crippen molar-refractivity contribution in [1.82, 2.24) is 65.8 Å². The van der Waals surface area contributed by atoms with Crippen molar-refractivity contribution in [2.45, 2.75) is 266 Å². The smallest absolute Gasteiger partial charge is 0.246 e. The fraction of sp³-hybridized carbons (Fsp3) is 0.833. The van der Waals surface area contributed by atoms with Gasteiger partial charge in [0.15, 0.2) is 0 Å². The SMILES string of the molecule is CC[C@@H]1NC(=O)[C@H]([C@H](O)[C@H](C)CCCC(=O)NC2CC2)N(C)C(=O)[C@H](C(C)C)N(C)C(=O)[C@H](CC(C)C)N(C)C(=O)[C@H](CC(C)C)N(C)C(=O)[C@@H](C)NC(=O)[C@H](C)NC(=O)[C@H](CC(C)C)N(C)C(=O)[C@H](C(C)C)NC(=O)[C@H]([C@@H](C)OCCCCN2CCOCC2)N(C)C(=O)[C@@H](C)N(C)C1=O. The van der Waals surface area contributed by atoms with E-state index in [0.717, 1.165) is 53.6 Å². The summed E-state index contributed by atoms with van der Waals surface area (Å²) < 4.78 is 11.9. The van der Waals surface area contributed by atoms with Gasteiger partial charge in [0.1, 0.15) is 66.5 Å². The maximum absolute atomic E-state index is 15.4. The maximum Gasteiger partial charge on any atom is 0.246 e. The van der Waals surface area contributed by atoms with Gasteiger partial charge in [0.05, 0.1) is 25.4 Å². The van der Waals surface area contributed by atoms with E-state index < -0.39 is 161 Å². The highest BCUT2D eigenvalue weighted by Gasteiger charge is 2.47. The molecule has 572 valence electrons.